The van der Waals surface area contributed by atoms with Crippen molar-refractivity contribution >= 4 is 51.0 Å². The third kappa shape index (κ3) is 7.44. The molecule has 3 nitrogen and oxygen atoms in total. The zero-order chi connectivity index (χ0) is 25.5. The van der Waals surface area contributed by atoms with Crippen molar-refractivity contribution in [2.75, 3.05) is 5.32 Å². The van der Waals surface area contributed by atoms with Gasteiger partial charge in [-0.25, -0.2) is 4.98 Å². The highest BCUT2D eigenvalue weighted by molar-refractivity contribution is 8.93. The Labute approximate surface area is 217 Å². The largest absolute Gasteiger partial charge is 0.416 e. The average Bonchev–Trinajstić information content (AvgIpc) is 3.10. The zero-order valence-electron chi connectivity index (χ0n) is 18.6. The van der Waals surface area contributed by atoms with Crippen LogP contribution in [0.25, 0.3) is 0 Å². The monoisotopic (exact) mass is 600 g/mol. The minimum absolute atomic E-state index is 0. The van der Waals surface area contributed by atoms with Crippen LogP contribution in [0.3, 0.4) is 0 Å². The molecule has 0 radical (unpaired) electrons. The number of nitrogens with one attached hydrogen (secondary N) is 1. The van der Waals surface area contributed by atoms with Gasteiger partial charge < -0.3 is 0 Å². The van der Waals surface area contributed by atoms with Crippen molar-refractivity contribution in [3.63, 3.8) is 0 Å². The van der Waals surface area contributed by atoms with Gasteiger partial charge in [-0.1, -0.05) is 44.5 Å². The Bertz CT molecular complexity index is 1170. The zero-order valence-corrected chi connectivity index (χ0v) is 21.9. The summed E-state index contributed by atoms with van der Waals surface area (Å²) in [6.45, 7) is 5.71. The number of carbonyl (C=O) groups excluding carboxylic acids is 1. The first-order valence-corrected chi connectivity index (χ1v) is 11.1. The summed E-state index contributed by atoms with van der Waals surface area (Å²) in [6, 6.07) is 7.85. The number of rotatable bonds is 4. The lowest BCUT2D eigenvalue weighted by molar-refractivity contribution is -0.143. The molecule has 12 heteroatoms. The second-order valence-electron chi connectivity index (χ2n) is 8.59. The van der Waals surface area contributed by atoms with Crippen molar-refractivity contribution in [1.29, 1.82) is 0 Å². The first kappa shape index (κ1) is 29.1. The maximum Gasteiger partial charge on any atom is 0.416 e. The van der Waals surface area contributed by atoms with Crippen molar-refractivity contribution < 1.29 is 31.1 Å². The van der Waals surface area contributed by atoms with Gasteiger partial charge in [0.05, 0.1) is 16.8 Å². The van der Waals surface area contributed by atoms with Crippen LogP contribution in [0.1, 0.15) is 58.4 Å². The summed E-state index contributed by atoms with van der Waals surface area (Å²) in [5.74, 6) is -1.12. The van der Waals surface area contributed by atoms with E-state index < -0.39 is 40.4 Å². The van der Waals surface area contributed by atoms with E-state index in [1.54, 1.807) is 12.1 Å². The molecule has 1 amide bonds. The van der Waals surface area contributed by atoms with Gasteiger partial charge in [0.15, 0.2) is 5.13 Å². The second kappa shape index (κ2) is 10.5. The molecule has 0 saturated carbocycles. The molecule has 35 heavy (non-hydrogen) atoms. The predicted octanol–water partition coefficient (Wildman–Crippen LogP) is 8.55. The quantitative estimate of drug-likeness (QED) is 0.305. The fourth-order valence-electron chi connectivity index (χ4n) is 3.15. The standard InChI is InChI=1S/C23H19ClF6N2OS.BrH/c1-21(2,3)18-17(8-12-4-6-16(24)7-5-12)34-20(31-18)32-19(33)13-9-14(22(25,26)27)11-15(10-13)23(28,29)30;/h4-7,9-11H,8H2,1-3H3,(H,31,32,33);1H. The van der Waals surface area contributed by atoms with Gasteiger partial charge in [0.2, 0.25) is 0 Å². The normalized spacial score (nSPS) is 12.3. The number of thiazole rings is 1. The van der Waals surface area contributed by atoms with Gasteiger partial charge in [-0.3, -0.25) is 10.1 Å². The second-order valence-corrected chi connectivity index (χ2v) is 10.1. The van der Waals surface area contributed by atoms with Gasteiger partial charge in [0.25, 0.3) is 5.91 Å². The summed E-state index contributed by atoms with van der Waals surface area (Å²) in [5.41, 5.74) is -2.75. The average molecular weight is 602 g/mol. The Morgan fingerprint density at radius 2 is 1.46 bits per heavy atom. The SMILES string of the molecule is Br.CC(C)(C)c1nc(NC(=O)c2cc(C(F)(F)F)cc(C(F)(F)F)c2)sc1Cc1ccc(Cl)cc1. The molecule has 0 aliphatic carbocycles. The van der Waals surface area contributed by atoms with Crippen LogP contribution in [-0.2, 0) is 24.2 Å². The third-order valence-corrected chi connectivity index (χ3v) is 5.98. The van der Waals surface area contributed by atoms with Crippen LogP contribution in [0.2, 0.25) is 5.02 Å². The molecule has 190 valence electrons. The molecular formula is C23H20BrClF6N2OS. The van der Waals surface area contributed by atoms with Crippen molar-refractivity contribution in [3.8, 4) is 0 Å². The highest BCUT2D eigenvalue weighted by Gasteiger charge is 2.37. The molecule has 1 heterocycles. The van der Waals surface area contributed by atoms with E-state index >= 15 is 0 Å². The Hall–Kier alpha value is -2.11. The number of amides is 1. The summed E-state index contributed by atoms with van der Waals surface area (Å²) in [6.07, 6.45) is -9.65. The number of aromatic nitrogens is 1. The van der Waals surface area contributed by atoms with Crippen LogP contribution in [0.5, 0.6) is 0 Å². The molecule has 0 bridgehead atoms. The van der Waals surface area contributed by atoms with Gasteiger partial charge in [-0.15, -0.1) is 28.3 Å². The molecular weight excluding hydrogens is 582 g/mol. The summed E-state index contributed by atoms with van der Waals surface area (Å²) in [4.78, 5) is 17.9. The van der Waals surface area contributed by atoms with E-state index in [-0.39, 0.29) is 28.2 Å². The number of benzene rings is 2. The lowest BCUT2D eigenvalue weighted by Gasteiger charge is -2.17. The lowest BCUT2D eigenvalue weighted by atomic mass is 9.90. The molecule has 0 atom stereocenters. The van der Waals surface area contributed by atoms with Gasteiger partial charge in [-0.05, 0) is 35.9 Å². The maximum atomic E-state index is 13.1. The van der Waals surface area contributed by atoms with E-state index in [0.717, 1.165) is 21.8 Å². The van der Waals surface area contributed by atoms with Crippen molar-refractivity contribution in [1.82, 2.24) is 4.98 Å². The maximum absolute atomic E-state index is 13.1. The highest BCUT2D eigenvalue weighted by atomic mass is 79.9. The Morgan fingerprint density at radius 1 is 0.943 bits per heavy atom. The highest BCUT2D eigenvalue weighted by Crippen LogP contribution is 2.37. The Morgan fingerprint density at radius 3 is 1.91 bits per heavy atom. The predicted molar refractivity (Wildman–Crippen MR) is 130 cm³/mol. The topological polar surface area (TPSA) is 42.0 Å². The minimum atomic E-state index is -5.05. The van der Waals surface area contributed by atoms with E-state index in [2.05, 4.69) is 10.3 Å². The summed E-state index contributed by atoms with van der Waals surface area (Å²) < 4.78 is 78.8. The number of hydrogen-bond acceptors (Lipinski definition) is 3. The van der Waals surface area contributed by atoms with Crippen molar-refractivity contribution in [2.24, 2.45) is 0 Å². The number of nitrogens with zero attached hydrogens (tertiary/aromatic N) is 1. The van der Waals surface area contributed by atoms with Crippen molar-refractivity contribution in [2.45, 2.75) is 45.0 Å². The van der Waals surface area contributed by atoms with E-state index in [1.807, 2.05) is 32.9 Å². The first-order chi connectivity index (χ1) is 15.5. The summed E-state index contributed by atoms with van der Waals surface area (Å²) in [5, 5.41) is 3.00. The van der Waals surface area contributed by atoms with Gasteiger partial charge in [-0.2, -0.15) is 26.3 Å². The first-order valence-electron chi connectivity index (χ1n) is 9.89. The minimum Gasteiger partial charge on any atom is -0.298 e. The van der Waals surface area contributed by atoms with E-state index in [9.17, 15) is 31.1 Å². The summed E-state index contributed by atoms with van der Waals surface area (Å²) in [7, 11) is 0. The fraction of sp³-hybridized carbons (Fsp3) is 0.304. The molecule has 0 spiro atoms. The third-order valence-electron chi connectivity index (χ3n) is 4.76. The van der Waals surface area contributed by atoms with Crippen LogP contribution in [0.15, 0.2) is 42.5 Å². The number of alkyl halides is 6. The molecule has 3 aromatic rings. The summed E-state index contributed by atoms with van der Waals surface area (Å²) >= 11 is 7.03. The van der Waals surface area contributed by atoms with Gasteiger partial charge >= 0.3 is 12.4 Å². The molecule has 0 fully saturated rings. The number of halogens is 8. The van der Waals surface area contributed by atoms with Crippen LogP contribution < -0.4 is 5.32 Å². The molecule has 2 aromatic carbocycles. The van der Waals surface area contributed by atoms with Crippen molar-refractivity contribution in [3.05, 3.63) is 80.3 Å². The van der Waals surface area contributed by atoms with Gasteiger partial charge in [0, 0.05) is 27.3 Å². The number of carbonyl (C=O) groups is 1. The Kier molecular flexibility index (Phi) is 8.72. The smallest absolute Gasteiger partial charge is 0.298 e. The number of anilines is 1. The molecule has 0 aliphatic rings. The van der Waals surface area contributed by atoms with Crippen LogP contribution in [0.4, 0.5) is 31.5 Å². The molecule has 1 N–H and O–H groups in total. The molecule has 3 rings (SSSR count). The van der Waals surface area contributed by atoms with Crippen LogP contribution >= 0.6 is 39.9 Å². The fourth-order valence-corrected chi connectivity index (χ4v) is 4.48. The lowest BCUT2D eigenvalue weighted by Crippen LogP contribution is -2.18. The molecule has 0 unspecified atom stereocenters. The molecule has 0 saturated heterocycles. The van der Waals surface area contributed by atoms with E-state index in [4.69, 9.17) is 11.6 Å². The van der Waals surface area contributed by atoms with Crippen LogP contribution in [-0.4, -0.2) is 10.9 Å². The molecule has 1 aromatic heterocycles. The Balaban J connectivity index is 0.00000432. The van der Waals surface area contributed by atoms with Gasteiger partial charge in [0.1, 0.15) is 0 Å². The van der Waals surface area contributed by atoms with E-state index in [1.165, 1.54) is 0 Å². The number of hydrogen-bond donors (Lipinski definition) is 1. The van der Waals surface area contributed by atoms with E-state index in [0.29, 0.717) is 29.3 Å². The molecule has 0 aliphatic heterocycles. The van der Waals surface area contributed by atoms with Crippen LogP contribution in [0, 0.1) is 0 Å².